The van der Waals surface area contributed by atoms with Crippen LogP contribution in [-0.4, -0.2) is 34.4 Å². The van der Waals surface area contributed by atoms with E-state index in [1.165, 1.54) is 63.5 Å². The minimum absolute atomic E-state index is 0.350. The summed E-state index contributed by atoms with van der Waals surface area (Å²) < 4.78 is 0. The topological polar surface area (TPSA) is 40.5 Å². The van der Waals surface area contributed by atoms with Gasteiger partial charge in [0.2, 0.25) is 0 Å². The van der Waals surface area contributed by atoms with Crippen LogP contribution >= 0.6 is 11.8 Å². The molecule has 1 heterocycles. The molecule has 2 rings (SSSR count). The maximum absolute atomic E-state index is 9.58. The minimum atomic E-state index is 0.350. The molecule has 1 saturated heterocycles. The molecule has 0 aromatic rings. The highest BCUT2D eigenvalue weighted by Crippen LogP contribution is 2.52. The van der Waals surface area contributed by atoms with Crippen molar-refractivity contribution in [1.82, 2.24) is 0 Å². The molecule has 3 heteroatoms. The van der Waals surface area contributed by atoms with E-state index in [0.717, 1.165) is 41.8 Å². The van der Waals surface area contributed by atoms with E-state index < -0.39 is 0 Å². The zero-order valence-corrected chi connectivity index (χ0v) is 20.0. The second-order valence-corrected chi connectivity index (χ2v) is 11.8. The lowest BCUT2D eigenvalue weighted by molar-refractivity contribution is 0.0950. The Labute approximate surface area is 179 Å². The molecule has 2 fully saturated rings. The predicted octanol–water partition coefficient (Wildman–Crippen LogP) is 6.54. The molecule has 0 aromatic carbocycles. The Kier molecular flexibility index (Phi) is 10.7. The largest absolute Gasteiger partial charge is 0.396 e. The Morgan fingerprint density at radius 3 is 2.36 bits per heavy atom. The standard InChI is InChI=1S/C25H48O2S/c1-5-6-14-25(4,24-9-7-8-21(24)13-16-27)17-22-11-10-20(12-15-26)23(18-28-22)19(2)3/h19-24,26-27H,5-18H2,1-4H3. The minimum Gasteiger partial charge on any atom is -0.396 e. The molecule has 1 aliphatic heterocycles. The third-order valence-electron chi connectivity index (χ3n) is 8.20. The zero-order valence-electron chi connectivity index (χ0n) is 19.2. The Morgan fingerprint density at radius 2 is 1.71 bits per heavy atom. The molecule has 6 atom stereocenters. The van der Waals surface area contributed by atoms with Gasteiger partial charge < -0.3 is 10.2 Å². The van der Waals surface area contributed by atoms with Crippen LogP contribution in [0.4, 0.5) is 0 Å². The van der Waals surface area contributed by atoms with Crippen molar-refractivity contribution in [2.45, 2.75) is 104 Å². The Bertz CT molecular complexity index is 427. The van der Waals surface area contributed by atoms with Crippen LogP contribution in [0.2, 0.25) is 0 Å². The summed E-state index contributed by atoms with van der Waals surface area (Å²) in [5.74, 6) is 5.02. The van der Waals surface area contributed by atoms with Crippen molar-refractivity contribution in [3.8, 4) is 0 Å². The van der Waals surface area contributed by atoms with E-state index in [2.05, 4.69) is 39.5 Å². The van der Waals surface area contributed by atoms with Gasteiger partial charge in [0.15, 0.2) is 0 Å². The number of hydrogen-bond acceptors (Lipinski definition) is 3. The number of aliphatic hydroxyl groups excluding tert-OH is 2. The number of thioether (sulfide) groups is 1. The van der Waals surface area contributed by atoms with E-state index in [1.807, 2.05) is 0 Å². The van der Waals surface area contributed by atoms with E-state index >= 15 is 0 Å². The van der Waals surface area contributed by atoms with Gasteiger partial charge in [-0.3, -0.25) is 0 Å². The molecule has 2 nitrogen and oxygen atoms in total. The molecule has 0 radical (unpaired) electrons. The van der Waals surface area contributed by atoms with Crippen LogP contribution in [0.5, 0.6) is 0 Å². The van der Waals surface area contributed by atoms with Gasteiger partial charge in [-0.25, -0.2) is 0 Å². The van der Waals surface area contributed by atoms with Gasteiger partial charge in [0.25, 0.3) is 0 Å². The van der Waals surface area contributed by atoms with Crippen molar-refractivity contribution in [3.63, 3.8) is 0 Å². The Balaban J connectivity index is 2.08. The molecule has 0 spiro atoms. The molecule has 0 aromatic heterocycles. The first kappa shape index (κ1) is 24.5. The van der Waals surface area contributed by atoms with E-state index in [9.17, 15) is 10.2 Å². The quantitative estimate of drug-likeness (QED) is 0.405. The van der Waals surface area contributed by atoms with Gasteiger partial charge in [-0.15, -0.1) is 0 Å². The number of aliphatic hydroxyl groups is 2. The molecule has 166 valence electrons. The van der Waals surface area contributed by atoms with E-state index in [1.54, 1.807) is 0 Å². The Hall–Kier alpha value is 0.270. The summed E-state index contributed by atoms with van der Waals surface area (Å²) in [7, 11) is 0. The lowest BCUT2D eigenvalue weighted by Crippen LogP contribution is -2.34. The van der Waals surface area contributed by atoms with Crippen molar-refractivity contribution >= 4 is 11.8 Å². The molecule has 1 aliphatic carbocycles. The fraction of sp³-hybridized carbons (Fsp3) is 1.00. The third kappa shape index (κ3) is 6.64. The Morgan fingerprint density at radius 1 is 1.00 bits per heavy atom. The molecular formula is C25H48O2S. The molecule has 6 unspecified atom stereocenters. The average Bonchev–Trinajstić information content (AvgIpc) is 3.04. The molecular weight excluding hydrogens is 364 g/mol. The van der Waals surface area contributed by atoms with Crippen LogP contribution in [0.3, 0.4) is 0 Å². The van der Waals surface area contributed by atoms with Gasteiger partial charge in [-0.05, 0) is 85.7 Å². The average molecular weight is 413 g/mol. The number of unbranched alkanes of at least 4 members (excludes halogenated alkanes) is 1. The second-order valence-electron chi connectivity index (χ2n) is 10.5. The summed E-state index contributed by atoms with van der Waals surface area (Å²) in [6, 6.07) is 0. The van der Waals surface area contributed by atoms with Crippen molar-refractivity contribution < 1.29 is 10.2 Å². The van der Waals surface area contributed by atoms with E-state index in [4.69, 9.17) is 0 Å². The van der Waals surface area contributed by atoms with Crippen LogP contribution in [-0.2, 0) is 0 Å². The highest BCUT2D eigenvalue weighted by Gasteiger charge is 2.43. The maximum atomic E-state index is 9.58. The first-order valence-electron chi connectivity index (χ1n) is 12.3. The smallest absolute Gasteiger partial charge is 0.0433 e. The first-order valence-corrected chi connectivity index (χ1v) is 13.3. The van der Waals surface area contributed by atoms with E-state index in [-0.39, 0.29) is 0 Å². The van der Waals surface area contributed by atoms with Gasteiger partial charge in [-0.2, -0.15) is 11.8 Å². The normalized spacial score (nSPS) is 33.8. The van der Waals surface area contributed by atoms with Crippen molar-refractivity contribution in [2.75, 3.05) is 19.0 Å². The van der Waals surface area contributed by atoms with Crippen LogP contribution < -0.4 is 0 Å². The molecule has 2 N–H and O–H groups in total. The monoisotopic (exact) mass is 412 g/mol. The van der Waals surface area contributed by atoms with Gasteiger partial charge >= 0.3 is 0 Å². The van der Waals surface area contributed by atoms with Crippen LogP contribution in [0.15, 0.2) is 0 Å². The zero-order chi connectivity index (χ0) is 20.6. The van der Waals surface area contributed by atoms with Gasteiger partial charge in [0, 0.05) is 18.5 Å². The molecule has 0 amide bonds. The number of rotatable bonds is 11. The van der Waals surface area contributed by atoms with Crippen molar-refractivity contribution in [3.05, 3.63) is 0 Å². The second kappa shape index (κ2) is 12.2. The molecule has 2 aliphatic rings. The van der Waals surface area contributed by atoms with Crippen molar-refractivity contribution in [1.29, 1.82) is 0 Å². The maximum Gasteiger partial charge on any atom is 0.0433 e. The highest BCUT2D eigenvalue weighted by atomic mass is 32.2. The summed E-state index contributed by atoms with van der Waals surface area (Å²) in [5.41, 5.74) is 0.439. The predicted molar refractivity (Wildman–Crippen MR) is 124 cm³/mol. The van der Waals surface area contributed by atoms with E-state index in [0.29, 0.717) is 24.5 Å². The molecule has 28 heavy (non-hydrogen) atoms. The highest BCUT2D eigenvalue weighted by molar-refractivity contribution is 7.99. The summed E-state index contributed by atoms with van der Waals surface area (Å²) in [5, 5.41) is 19.9. The lowest BCUT2D eigenvalue weighted by Gasteiger charge is -2.41. The fourth-order valence-electron chi connectivity index (χ4n) is 6.51. The third-order valence-corrected chi connectivity index (χ3v) is 9.65. The summed E-state index contributed by atoms with van der Waals surface area (Å²) >= 11 is 2.25. The SMILES string of the molecule is CCCCC(C)(CC1CCC(CCO)C(C(C)C)CS1)C1CCCC1CCO. The van der Waals surface area contributed by atoms with Gasteiger partial charge in [-0.1, -0.05) is 53.4 Å². The summed E-state index contributed by atoms with van der Waals surface area (Å²) in [4.78, 5) is 0. The van der Waals surface area contributed by atoms with Crippen LogP contribution in [0.25, 0.3) is 0 Å². The van der Waals surface area contributed by atoms with Crippen LogP contribution in [0.1, 0.15) is 98.3 Å². The molecule has 1 saturated carbocycles. The van der Waals surface area contributed by atoms with Crippen molar-refractivity contribution in [2.24, 2.45) is 35.0 Å². The molecule has 0 bridgehead atoms. The summed E-state index contributed by atoms with van der Waals surface area (Å²) in [6.45, 7) is 10.4. The lowest BCUT2D eigenvalue weighted by atomic mass is 9.65. The fourth-order valence-corrected chi connectivity index (χ4v) is 8.46. The summed E-state index contributed by atoms with van der Waals surface area (Å²) in [6.07, 6.45) is 14.1. The first-order chi connectivity index (χ1) is 13.4. The van der Waals surface area contributed by atoms with Gasteiger partial charge in [0.1, 0.15) is 0 Å². The number of hydrogen-bond donors (Lipinski definition) is 2. The van der Waals surface area contributed by atoms with Gasteiger partial charge in [0.05, 0.1) is 0 Å². The van der Waals surface area contributed by atoms with Crippen LogP contribution in [0, 0.1) is 35.0 Å².